The lowest BCUT2D eigenvalue weighted by Gasteiger charge is -2.34. The number of amides is 2. The highest BCUT2D eigenvalue weighted by molar-refractivity contribution is 9.10. The average molecular weight is 711 g/mol. The molecule has 0 aliphatic rings. The SMILES string of the molecule is Cc1ccc(S(=O)(=O)N(CC(=O)N(Cc2ccccc2Cl)C(Cc2ccccc2)C(=O)NCC(C)C)c2ccc(Br)cc2)cc1. The number of rotatable bonds is 13. The molecule has 0 aromatic heterocycles. The third-order valence-corrected chi connectivity index (χ3v) is 9.94. The quantitative estimate of drug-likeness (QED) is 0.162. The Morgan fingerprint density at radius 2 is 1.49 bits per heavy atom. The molecule has 0 aliphatic heterocycles. The maximum atomic E-state index is 14.5. The van der Waals surface area contributed by atoms with E-state index < -0.39 is 28.5 Å². The Morgan fingerprint density at radius 3 is 2.11 bits per heavy atom. The van der Waals surface area contributed by atoms with Crippen molar-refractivity contribution < 1.29 is 18.0 Å². The van der Waals surface area contributed by atoms with Crippen LogP contribution in [0, 0.1) is 12.8 Å². The number of carbonyl (C=O) groups excluding carboxylic acids is 2. The number of halogens is 2. The second kappa shape index (κ2) is 15.6. The lowest BCUT2D eigenvalue weighted by Crippen LogP contribution is -2.53. The number of aryl methyl sites for hydroxylation is 1. The molecule has 0 spiro atoms. The van der Waals surface area contributed by atoms with Crippen LogP contribution in [-0.2, 0) is 32.6 Å². The number of hydrogen-bond donors (Lipinski definition) is 1. The zero-order chi connectivity index (χ0) is 32.6. The van der Waals surface area contributed by atoms with Crippen molar-refractivity contribution >= 4 is 55.1 Å². The molecule has 1 N–H and O–H groups in total. The summed E-state index contributed by atoms with van der Waals surface area (Å²) in [5.41, 5.74) is 2.71. The highest BCUT2D eigenvalue weighted by Crippen LogP contribution is 2.27. The molecule has 4 aromatic rings. The summed E-state index contributed by atoms with van der Waals surface area (Å²) in [5, 5.41) is 3.43. The number of nitrogens with one attached hydrogen (secondary N) is 1. The molecule has 236 valence electrons. The van der Waals surface area contributed by atoms with E-state index in [0.29, 0.717) is 22.8 Å². The first-order valence-electron chi connectivity index (χ1n) is 14.6. The van der Waals surface area contributed by atoms with Gasteiger partial charge in [-0.05, 0) is 66.4 Å². The topological polar surface area (TPSA) is 86.8 Å². The van der Waals surface area contributed by atoms with E-state index in [0.717, 1.165) is 19.9 Å². The van der Waals surface area contributed by atoms with Gasteiger partial charge in [-0.15, -0.1) is 0 Å². The van der Waals surface area contributed by atoms with Gasteiger partial charge in [-0.2, -0.15) is 0 Å². The van der Waals surface area contributed by atoms with Crippen LogP contribution >= 0.6 is 27.5 Å². The molecule has 4 aromatic carbocycles. The largest absolute Gasteiger partial charge is 0.354 e. The Bertz CT molecular complexity index is 1700. The molecule has 1 atom stereocenters. The standard InChI is InChI=1S/C35H37BrClN3O4S/c1-25(2)22-38-35(42)33(21-27-9-5-4-6-10-27)39(23-28-11-7-8-12-32(28)37)34(41)24-40(30-17-15-29(36)16-18-30)45(43,44)31-19-13-26(3)14-20-31/h4-20,25,33H,21-24H2,1-3H3,(H,38,42). The van der Waals surface area contributed by atoms with Crippen LogP contribution in [0.1, 0.15) is 30.5 Å². The lowest BCUT2D eigenvalue weighted by molar-refractivity contribution is -0.140. The van der Waals surface area contributed by atoms with Crippen LogP contribution in [0.3, 0.4) is 0 Å². The Hall–Kier alpha value is -3.66. The van der Waals surface area contributed by atoms with Crippen LogP contribution in [0.4, 0.5) is 5.69 Å². The van der Waals surface area contributed by atoms with E-state index in [2.05, 4.69) is 21.2 Å². The molecule has 0 saturated carbocycles. The molecule has 1 unspecified atom stereocenters. The van der Waals surface area contributed by atoms with E-state index in [1.54, 1.807) is 54.6 Å². The van der Waals surface area contributed by atoms with Crippen molar-refractivity contribution in [3.63, 3.8) is 0 Å². The van der Waals surface area contributed by atoms with Crippen molar-refractivity contribution in [3.05, 3.63) is 129 Å². The van der Waals surface area contributed by atoms with Gasteiger partial charge in [0.15, 0.2) is 0 Å². The minimum absolute atomic E-state index is 0.00383. The van der Waals surface area contributed by atoms with Crippen molar-refractivity contribution in [2.45, 2.75) is 44.7 Å². The van der Waals surface area contributed by atoms with Gasteiger partial charge >= 0.3 is 0 Å². The fourth-order valence-corrected chi connectivity index (χ4v) is 6.63. The Kier molecular flexibility index (Phi) is 11.8. The first kappa shape index (κ1) is 34.2. The Morgan fingerprint density at radius 1 is 0.867 bits per heavy atom. The average Bonchev–Trinajstić information content (AvgIpc) is 3.02. The molecular weight excluding hydrogens is 674 g/mol. The second-order valence-electron chi connectivity index (χ2n) is 11.3. The van der Waals surface area contributed by atoms with E-state index in [1.165, 1.54) is 17.0 Å². The van der Waals surface area contributed by atoms with Gasteiger partial charge in [0, 0.05) is 29.0 Å². The molecule has 45 heavy (non-hydrogen) atoms. The van der Waals surface area contributed by atoms with Gasteiger partial charge < -0.3 is 10.2 Å². The number of carbonyl (C=O) groups is 2. The first-order valence-corrected chi connectivity index (χ1v) is 17.3. The minimum Gasteiger partial charge on any atom is -0.354 e. The van der Waals surface area contributed by atoms with E-state index >= 15 is 0 Å². The summed E-state index contributed by atoms with van der Waals surface area (Å²) >= 11 is 9.96. The summed E-state index contributed by atoms with van der Waals surface area (Å²) in [6, 6.07) is 28.8. The highest BCUT2D eigenvalue weighted by atomic mass is 79.9. The van der Waals surface area contributed by atoms with Gasteiger partial charge in [-0.1, -0.05) is 108 Å². The molecule has 10 heteroatoms. The van der Waals surface area contributed by atoms with E-state index in [9.17, 15) is 18.0 Å². The van der Waals surface area contributed by atoms with E-state index in [4.69, 9.17) is 11.6 Å². The predicted molar refractivity (Wildman–Crippen MR) is 184 cm³/mol. The van der Waals surface area contributed by atoms with Crippen molar-refractivity contribution in [1.29, 1.82) is 0 Å². The molecule has 4 rings (SSSR count). The van der Waals surface area contributed by atoms with Crippen molar-refractivity contribution in [3.8, 4) is 0 Å². The van der Waals surface area contributed by atoms with Crippen LogP contribution in [-0.4, -0.2) is 44.3 Å². The Balaban J connectivity index is 1.80. The van der Waals surface area contributed by atoms with Crippen LogP contribution in [0.15, 0.2) is 112 Å². The molecule has 0 bridgehead atoms. The zero-order valence-corrected chi connectivity index (χ0v) is 28.6. The van der Waals surface area contributed by atoms with E-state index in [-0.39, 0.29) is 29.7 Å². The molecule has 2 amide bonds. The third kappa shape index (κ3) is 9.19. The minimum atomic E-state index is -4.18. The highest BCUT2D eigenvalue weighted by Gasteiger charge is 2.35. The van der Waals surface area contributed by atoms with Crippen LogP contribution in [0.5, 0.6) is 0 Å². The van der Waals surface area contributed by atoms with Crippen molar-refractivity contribution in [2.24, 2.45) is 5.92 Å². The summed E-state index contributed by atoms with van der Waals surface area (Å²) in [6.45, 7) is 5.74. The van der Waals surface area contributed by atoms with Gasteiger partial charge in [-0.3, -0.25) is 13.9 Å². The fourth-order valence-electron chi connectivity index (χ4n) is 4.76. The van der Waals surface area contributed by atoms with E-state index in [1.807, 2.05) is 57.2 Å². The summed E-state index contributed by atoms with van der Waals surface area (Å²) < 4.78 is 30.1. The van der Waals surface area contributed by atoms with Crippen LogP contribution < -0.4 is 9.62 Å². The molecule has 0 aliphatic carbocycles. The number of sulfonamides is 1. The second-order valence-corrected chi connectivity index (χ2v) is 14.4. The monoisotopic (exact) mass is 709 g/mol. The van der Waals surface area contributed by atoms with Gasteiger partial charge in [-0.25, -0.2) is 8.42 Å². The van der Waals surface area contributed by atoms with Gasteiger partial charge in [0.25, 0.3) is 10.0 Å². The molecule has 0 heterocycles. The maximum absolute atomic E-state index is 14.5. The maximum Gasteiger partial charge on any atom is 0.264 e. The molecular formula is C35H37BrClN3O4S. The number of hydrogen-bond acceptors (Lipinski definition) is 4. The summed E-state index contributed by atoms with van der Waals surface area (Å²) in [7, 11) is -4.18. The number of anilines is 1. The third-order valence-electron chi connectivity index (χ3n) is 7.26. The lowest BCUT2D eigenvalue weighted by atomic mass is 10.0. The summed E-state index contributed by atoms with van der Waals surface area (Å²) in [6.07, 6.45) is 0.226. The van der Waals surface area contributed by atoms with Crippen molar-refractivity contribution in [1.82, 2.24) is 10.2 Å². The van der Waals surface area contributed by atoms with Gasteiger partial charge in [0.2, 0.25) is 11.8 Å². The van der Waals surface area contributed by atoms with Gasteiger partial charge in [0.1, 0.15) is 12.6 Å². The molecule has 0 fully saturated rings. The summed E-state index contributed by atoms with van der Waals surface area (Å²) in [5.74, 6) is -0.690. The molecule has 0 radical (unpaired) electrons. The predicted octanol–water partition coefficient (Wildman–Crippen LogP) is 7.02. The first-order chi connectivity index (χ1) is 21.5. The zero-order valence-electron chi connectivity index (χ0n) is 25.5. The number of benzene rings is 4. The van der Waals surface area contributed by atoms with Crippen molar-refractivity contribution in [2.75, 3.05) is 17.4 Å². The Labute approximate surface area is 279 Å². The smallest absolute Gasteiger partial charge is 0.264 e. The summed E-state index contributed by atoms with van der Waals surface area (Å²) in [4.78, 5) is 29.8. The normalized spacial score (nSPS) is 12.0. The van der Waals surface area contributed by atoms with Gasteiger partial charge in [0.05, 0.1) is 10.6 Å². The molecule has 0 saturated heterocycles. The fraction of sp³-hybridized carbons (Fsp3) is 0.257. The molecule has 7 nitrogen and oxygen atoms in total. The van der Waals surface area contributed by atoms with Crippen LogP contribution in [0.2, 0.25) is 5.02 Å². The van der Waals surface area contributed by atoms with Crippen LogP contribution in [0.25, 0.3) is 0 Å². The number of nitrogens with zero attached hydrogens (tertiary/aromatic N) is 2.